The minimum atomic E-state index is 0.648. The van der Waals surface area contributed by atoms with Gasteiger partial charge >= 0.3 is 0 Å². The Hall–Kier alpha value is -1.16. The number of hydrogen-bond donors (Lipinski definition) is 1. The van der Waals surface area contributed by atoms with Crippen LogP contribution in [0.1, 0.15) is 22.2 Å². The van der Waals surface area contributed by atoms with Gasteiger partial charge in [0.05, 0.1) is 0 Å². The van der Waals surface area contributed by atoms with Gasteiger partial charge in [-0.25, -0.2) is 0 Å². The van der Waals surface area contributed by atoms with E-state index in [0.717, 1.165) is 19.6 Å². The minimum Gasteiger partial charge on any atom is -0.326 e. The van der Waals surface area contributed by atoms with Crippen molar-refractivity contribution in [3.8, 4) is 0 Å². The van der Waals surface area contributed by atoms with Crippen molar-refractivity contribution in [3.05, 3.63) is 57.8 Å². The van der Waals surface area contributed by atoms with E-state index >= 15 is 0 Å². The standard InChI is InChI=1S/C15H20N2S/c1-2-17(11-13-6-4-3-5-7-13)12-15-9-8-14(10-16)18-15/h3-9H,2,10-12,16H2,1H3. The second kappa shape index (κ2) is 6.69. The number of thiophene rings is 1. The third kappa shape index (κ3) is 3.67. The maximum atomic E-state index is 5.65. The first kappa shape index (κ1) is 13.3. The lowest BCUT2D eigenvalue weighted by molar-refractivity contribution is 0.274. The van der Waals surface area contributed by atoms with Crippen LogP contribution in [0.4, 0.5) is 0 Å². The number of hydrogen-bond acceptors (Lipinski definition) is 3. The molecule has 0 aliphatic heterocycles. The fourth-order valence-electron chi connectivity index (χ4n) is 1.96. The summed E-state index contributed by atoms with van der Waals surface area (Å²) in [6.45, 7) is 5.93. The van der Waals surface area contributed by atoms with Crippen LogP contribution >= 0.6 is 11.3 Å². The molecule has 1 aromatic carbocycles. The van der Waals surface area contributed by atoms with Gasteiger partial charge in [0.25, 0.3) is 0 Å². The van der Waals surface area contributed by atoms with Crippen molar-refractivity contribution in [2.24, 2.45) is 5.73 Å². The normalized spacial score (nSPS) is 11.1. The molecular formula is C15H20N2S. The number of rotatable bonds is 6. The van der Waals surface area contributed by atoms with Crippen molar-refractivity contribution < 1.29 is 0 Å². The van der Waals surface area contributed by atoms with E-state index in [1.807, 2.05) is 11.3 Å². The first-order valence-corrected chi connectivity index (χ1v) is 7.17. The summed E-state index contributed by atoms with van der Waals surface area (Å²) >= 11 is 1.82. The van der Waals surface area contributed by atoms with E-state index in [1.54, 1.807) is 0 Å². The van der Waals surface area contributed by atoms with Gasteiger partial charge in [-0.2, -0.15) is 0 Å². The molecule has 0 amide bonds. The molecule has 3 heteroatoms. The van der Waals surface area contributed by atoms with E-state index in [4.69, 9.17) is 5.73 Å². The van der Waals surface area contributed by atoms with E-state index in [1.165, 1.54) is 15.3 Å². The Morgan fingerprint density at radius 1 is 1.00 bits per heavy atom. The van der Waals surface area contributed by atoms with Gasteiger partial charge in [0.15, 0.2) is 0 Å². The van der Waals surface area contributed by atoms with Crippen molar-refractivity contribution in [2.75, 3.05) is 6.54 Å². The summed E-state index contributed by atoms with van der Waals surface area (Å²) < 4.78 is 0. The highest BCUT2D eigenvalue weighted by Crippen LogP contribution is 2.18. The number of benzene rings is 1. The molecule has 2 rings (SSSR count). The van der Waals surface area contributed by atoms with Crippen LogP contribution in [-0.4, -0.2) is 11.4 Å². The molecule has 18 heavy (non-hydrogen) atoms. The molecule has 0 spiro atoms. The summed E-state index contributed by atoms with van der Waals surface area (Å²) in [5.41, 5.74) is 7.02. The molecule has 1 heterocycles. The zero-order chi connectivity index (χ0) is 12.8. The molecule has 2 aromatic rings. The zero-order valence-corrected chi connectivity index (χ0v) is 11.6. The van der Waals surface area contributed by atoms with E-state index in [9.17, 15) is 0 Å². The average molecular weight is 260 g/mol. The topological polar surface area (TPSA) is 29.3 Å². The predicted octanol–water partition coefficient (Wildman–Crippen LogP) is 3.23. The molecule has 0 unspecified atom stereocenters. The van der Waals surface area contributed by atoms with Gasteiger partial charge in [-0.3, -0.25) is 4.90 Å². The van der Waals surface area contributed by atoms with Gasteiger partial charge in [-0.05, 0) is 24.2 Å². The third-order valence-corrected chi connectivity index (χ3v) is 4.09. The van der Waals surface area contributed by atoms with Crippen LogP contribution in [0.5, 0.6) is 0 Å². The van der Waals surface area contributed by atoms with Gasteiger partial charge in [-0.1, -0.05) is 37.3 Å². The monoisotopic (exact) mass is 260 g/mol. The average Bonchev–Trinajstić information content (AvgIpc) is 2.87. The molecule has 0 aliphatic carbocycles. The maximum Gasteiger partial charge on any atom is 0.0331 e. The molecule has 1 aromatic heterocycles. The van der Waals surface area contributed by atoms with Gasteiger partial charge in [-0.15, -0.1) is 11.3 Å². The lowest BCUT2D eigenvalue weighted by Crippen LogP contribution is -2.21. The highest BCUT2D eigenvalue weighted by Gasteiger charge is 2.06. The molecule has 2 N–H and O–H groups in total. The Morgan fingerprint density at radius 2 is 1.72 bits per heavy atom. The van der Waals surface area contributed by atoms with Crippen molar-refractivity contribution in [1.82, 2.24) is 4.90 Å². The predicted molar refractivity (Wildman–Crippen MR) is 78.4 cm³/mol. The minimum absolute atomic E-state index is 0.648. The fourth-order valence-corrected chi connectivity index (χ4v) is 2.90. The molecule has 0 saturated heterocycles. The van der Waals surface area contributed by atoms with E-state index in [0.29, 0.717) is 6.54 Å². The fraction of sp³-hybridized carbons (Fsp3) is 0.333. The van der Waals surface area contributed by atoms with Crippen molar-refractivity contribution >= 4 is 11.3 Å². The quantitative estimate of drug-likeness (QED) is 0.864. The summed E-state index contributed by atoms with van der Waals surface area (Å²) in [7, 11) is 0. The van der Waals surface area contributed by atoms with Crippen molar-refractivity contribution in [3.63, 3.8) is 0 Å². The van der Waals surface area contributed by atoms with E-state index in [-0.39, 0.29) is 0 Å². The summed E-state index contributed by atoms with van der Waals surface area (Å²) in [5.74, 6) is 0. The van der Waals surface area contributed by atoms with Gasteiger partial charge in [0.2, 0.25) is 0 Å². The highest BCUT2D eigenvalue weighted by atomic mass is 32.1. The second-order valence-corrected chi connectivity index (χ2v) is 5.61. The zero-order valence-electron chi connectivity index (χ0n) is 10.8. The summed E-state index contributed by atoms with van der Waals surface area (Å²) in [6.07, 6.45) is 0. The molecule has 0 saturated carbocycles. The van der Waals surface area contributed by atoms with Gasteiger partial charge in [0.1, 0.15) is 0 Å². The van der Waals surface area contributed by atoms with Crippen LogP contribution in [0, 0.1) is 0 Å². The Bertz CT molecular complexity index is 464. The summed E-state index contributed by atoms with van der Waals surface area (Å²) in [5, 5.41) is 0. The molecule has 96 valence electrons. The molecule has 0 bridgehead atoms. The molecule has 2 nitrogen and oxygen atoms in total. The Morgan fingerprint density at radius 3 is 2.33 bits per heavy atom. The summed E-state index contributed by atoms with van der Waals surface area (Å²) in [6, 6.07) is 15.0. The Labute approximate surface area is 113 Å². The summed E-state index contributed by atoms with van der Waals surface area (Å²) in [4.78, 5) is 5.11. The van der Waals surface area contributed by atoms with Crippen LogP contribution in [0.15, 0.2) is 42.5 Å². The van der Waals surface area contributed by atoms with Crippen LogP contribution in [0.2, 0.25) is 0 Å². The lowest BCUT2D eigenvalue weighted by Gasteiger charge is -2.19. The van der Waals surface area contributed by atoms with Gasteiger partial charge < -0.3 is 5.73 Å². The Kier molecular flexibility index (Phi) is 4.93. The molecule has 0 aliphatic rings. The van der Waals surface area contributed by atoms with Crippen LogP contribution in [0.25, 0.3) is 0 Å². The SMILES string of the molecule is CCN(Cc1ccccc1)Cc1ccc(CN)s1. The van der Waals surface area contributed by atoms with Crippen LogP contribution in [0.3, 0.4) is 0 Å². The lowest BCUT2D eigenvalue weighted by atomic mass is 10.2. The second-order valence-electron chi connectivity index (χ2n) is 4.36. The molecule has 0 fully saturated rings. The highest BCUT2D eigenvalue weighted by molar-refractivity contribution is 7.11. The first-order valence-electron chi connectivity index (χ1n) is 6.35. The van der Waals surface area contributed by atoms with Crippen LogP contribution in [-0.2, 0) is 19.6 Å². The molecule has 0 radical (unpaired) electrons. The van der Waals surface area contributed by atoms with Crippen molar-refractivity contribution in [1.29, 1.82) is 0 Å². The maximum absolute atomic E-state index is 5.65. The Balaban J connectivity index is 1.97. The van der Waals surface area contributed by atoms with Crippen molar-refractivity contribution in [2.45, 2.75) is 26.6 Å². The van der Waals surface area contributed by atoms with Crippen LogP contribution < -0.4 is 5.73 Å². The van der Waals surface area contributed by atoms with E-state index < -0.39 is 0 Å². The number of nitrogens with two attached hydrogens (primary N) is 1. The largest absolute Gasteiger partial charge is 0.326 e. The number of nitrogens with zero attached hydrogens (tertiary/aromatic N) is 1. The third-order valence-electron chi connectivity index (χ3n) is 2.99. The van der Waals surface area contributed by atoms with Gasteiger partial charge in [0, 0.05) is 29.4 Å². The molecular weight excluding hydrogens is 240 g/mol. The van der Waals surface area contributed by atoms with E-state index in [2.05, 4.69) is 54.3 Å². The smallest absolute Gasteiger partial charge is 0.0331 e. The molecule has 0 atom stereocenters. The first-order chi connectivity index (χ1) is 8.81.